The lowest BCUT2D eigenvalue weighted by Crippen LogP contribution is -2.23. The summed E-state index contributed by atoms with van der Waals surface area (Å²) < 4.78 is 7.47. The molecule has 0 unspecified atom stereocenters. The van der Waals surface area contributed by atoms with E-state index in [1.165, 1.54) is 12.8 Å². The average Bonchev–Trinajstić information content (AvgIpc) is 3.35. The largest absolute Gasteiger partial charge is 0.503 e. The third-order valence-electron chi connectivity index (χ3n) is 4.74. The van der Waals surface area contributed by atoms with Crippen LogP contribution >= 0.6 is 0 Å². The zero-order chi connectivity index (χ0) is 20.8. The minimum atomic E-state index is -1.83. The molecule has 0 aliphatic heterocycles. The summed E-state index contributed by atoms with van der Waals surface area (Å²) in [7, 11) is 0. The van der Waals surface area contributed by atoms with Gasteiger partial charge in [0.2, 0.25) is 0 Å². The second-order valence-electron chi connectivity index (χ2n) is 6.85. The highest BCUT2D eigenvalue weighted by molar-refractivity contribution is 5.70. The van der Waals surface area contributed by atoms with Gasteiger partial charge in [0.15, 0.2) is 11.2 Å². The molecule has 2 heterocycles. The predicted molar refractivity (Wildman–Crippen MR) is 107 cm³/mol. The van der Waals surface area contributed by atoms with E-state index in [2.05, 4.69) is 15.0 Å². The normalized spacial score (nSPS) is 13.8. The molecule has 1 aliphatic rings. The maximum Gasteiger partial charge on any atom is 0.503 e. The molecule has 0 radical (unpaired) electrons. The molecule has 1 aromatic carbocycles. The average molecular weight is 400 g/mol. The van der Waals surface area contributed by atoms with Crippen molar-refractivity contribution in [2.75, 3.05) is 0 Å². The Morgan fingerprint density at radius 3 is 2.48 bits per heavy atom. The zero-order valence-corrected chi connectivity index (χ0v) is 16.2. The van der Waals surface area contributed by atoms with Crippen molar-refractivity contribution < 1.29 is 19.7 Å². The van der Waals surface area contributed by atoms with Gasteiger partial charge in [-0.3, -0.25) is 9.36 Å². The highest BCUT2D eigenvalue weighted by atomic mass is 16.6. The minimum absolute atomic E-state index is 0.116. The Balaban J connectivity index is 0.000000552. The summed E-state index contributed by atoms with van der Waals surface area (Å²) in [6.07, 6.45) is 3.67. The second kappa shape index (κ2) is 9.22. The first-order valence-corrected chi connectivity index (χ1v) is 9.64. The summed E-state index contributed by atoms with van der Waals surface area (Å²) in [6.45, 7) is 2.58. The van der Waals surface area contributed by atoms with Crippen LogP contribution in [0.5, 0.6) is 11.8 Å². The standard InChI is InChI=1S/C19H22N4O2.CH2O3/c1-2-12-23-18(24)15-17(21-16(20-15)13-8-6-7-9-13)22-19(23)25-14-10-4-3-5-11-14;2-1(3)4/h3-5,10-11,13H,2,6-9,12H2,1H3,(H,20,21);(H2,2,3,4). The molecule has 0 spiro atoms. The molecule has 29 heavy (non-hydrogen) atoms. The summed E-state index contributed by atoms with van der Waals surface area (Å²) in [5.41, 5.74) is 0.815. The Kier molecular flexibility index (Phi) is 6.48. The van der Waals surface area contributed by atoms with E-state index in [0.29, 0.717) is 35.4 Å². The molecule has 1 fully saturated rings. The van der Waals surface area contributed by atoms with Crippen molar-refractivity contribution in [3.8, 4) is 11.8 Å². The smallest absolute Gasteiger partial charge is 0.450 e. The molecule has 154 valence electrons. The van der Waals surface area contributed by atoms with Crippen molar-refractivity contribution in [3.63, 3.8) is 0 Å². The molecule has 9 heteroatoms. The number of imidazole rings is 1. The summed E-state index contributed by atoms with van der Waals surface area (Å²) in [4.78, 5) is 33.9. The summed E-state index contributed by atoms with van der Waals surface area (Å²) >= 11 is 0. The lowest BCUT2D eigenvalue weighted by atomic mass is 10.1. The number of aromatic nitrogens is 4. The van der Waals surface area contributed by atoms with Gasteiger partial charge in [0, 0.05) is 12.5 Å². The Morgan fingerprint density at radius 1 is 1.21 bits per heavy atom. The summed E-state index contributed by atoms with van der Waals surface area (Å²) in [6, 6.07) is 9.70. The molecule has 1 aliphatic carbocycles. The topological polar surface area (TPSA) is 130 Å². The van der Waals surface area contributed by atoms with Crippen molar-refractivity contribution in [2.45, 2.75) is 51.5 Å². The number of fused-ring (bicyclic) bond motifs is 1. The van der Waals surface area contributed by atoms with Crippen LogP contribution in [-0.4, -0.2) is 35.9 Å². The summed E-state index contributed by atoms with van der Waals surface area (Å²) in [5.74, 6) is 1.95. The van der Waals surface area contributed by atoms with Crippen LogP contribution in [0.3, 0.4) is 0 Å². The van der Waals surface area contributed by atoms with E-state index < -0.39 is 6.16 Å². The monoisotopic (exact) mass is 400 g/mol. The molecule has 2 aromatic heterocycles. The number of benzene rings is 1. The maximum atomic E-state index is 12.9. The van der Waals surface area contributed by atoms with Crippen molar-refractivity contribution in [1.82, 2.24) is 19.5 Å². The molecule has 0 bridgehead atoms. The fourth-order valence-corrected chi connectivity index (χ4v) is 3.47. The lowest BCUT2D eigenvalue weighted by molar-refractivity contribution is 0.137. The van der Waals surface area contributed by atoms with Crippen LogP contribution in [0.1, 0.15) is 50.8 Å². The van der Waals surface area contributed by atoms with Crippen LogP contribution in [0.4, 0.5) is 4.79 Å². The van der Waals surface area contributed by atoms with Gasteiger partial charge >= 0.3 is 12.2 Å². The maximum absolute atomic E-state index is 12.9. The molecular formula is C20H24N4O5. The van der Waals surface area contributed by atoms with E-state index in [1.807, 2.05) is 37.3 Å². The van der Waals surface area contributed by atoms with Crippen molar-refractivity contribution >= 4 is 17.3 Å². The van der Waals surface area contributed by atoms with Gasteiger partial charge in [0.25, 0.3) is 5.56 Å². The molecule has 9 nitrogen and oxygen atoms in total. The fraction of sp³-hybridized carbons (Fsp3) is 0.400. The number of carboxylic acid groups (broad SMARTS) is 2. The molecule has 0 saturated heterocycles. The van der Waals surface area contributed by atoms with Gasteiger partial charge in [-0.15, -0.1) is 0 Å². The first-order chi connectivity index (χ1) is 14.0. The van der Waals surface area contributed by atoms with E-state index in [-0.39, 0.29) is 5.56 Å². The molecule has 1 saturated carbocycles. The van der Waals surface area contributed by atoms with Gasteiger partial charge in [-0.2, -0.15) is 4.98 Å². The van der Waals surface area contributed by atoms with Crippen LogP contribution in [0, 0.1) is 0 Å². The number of rotatable bonds is 5. The van der Waals surface area contributed by atoms with Gasteiger partial charge in [-0.1, -0.05) is 38.0 Å². The number of H-pyrrole nitrogens is 1. The quantitative estimate of drug-likeness (QED) is 0.585. The van der Waals surface area contributed by atoms with E-state index in [0.717, 1.165) is 25.1 Å². The Bertz CT molecular complexity index is 1020. The Hall–Kier alpha value is -3.36. The number of hydrogen-bond acceptors (Lipinski definition) is 5. The molecular weight excluding hydrogens is 376 g/mol. The van der Waals surface area contributed by atoms with Crippen LogP contribution in [-0.2, 0) is 6.54 Å². The fourth-order valence-electron chi connectivity index (χ4n) is 3.47. The third-order valence-corrected chi connectivity index (χ3v) is 4.74. The SMILES string of the molecule is CCCn1c(Oc2ccccc2)nc2nc(C3CCCC3)[nH]c2c1=O.O=C(O)O. The Morgan fingerprint density at radius 2 is 1.86 bits per heavy atom. The minimum Gasteiger partial charge on any atom is -0.450 e. The molecule has 0 atom stereocenters. The van der Waals surface area contributed by atoms with E-state index in [4.69, 9.17) is 19.7 Å². The van der Waals surface area contributed by atoms with E-state index >= 15 is 0 Å². The lowest BCUT2D eigenvalue weighted by Gasteiger charge is -2.11. The predicted octanol–water partition coefficient (Wildman–Crippen LogP) is 4.20. The number of nitrogens with zero attached hydrogens (tertiary/aromatic N) is 3. The van der Waals surface area contributed by atoms with Gasteiger partial charge in [-0.05, 0) is 31.4 Å². The Labute approximate surface area is 167 Å². The van der Waals surface area contributed by atoms with Crippen LogP contribution in [0.15, 0.2) is 35.1 Å². The number of nitrogens with one attached hydrogen (secondary N) is 1. The molecule has 3 N–H and O–H groups in total. The molecule has 3 aromatic rings. The van der Waals surface area contributed by atoms with Crippen LogP contribution < -0.4 is 10.3 Å². The number of hydrogen-bond donors (Lipinski definition) is 3. The van der Waals surface area contributed by atoms with E-state index in [9.17, 15) is 4.79 Å². The van der Waals surface area contributed by atoms with Gasteiger partial charge < -0.3 is 19.9 Å². The molecule has 4 rings (SSSR count). The molecule has 0 amide bonds. The van der Waals surface area contributed by atoms with Crippen LogP contribution in [0.2, 0.25) is 0 Å². The van der Waals surface area contributed by atoms with Gasteiger partial charge in [0.1, 0.15) is 11.6 Å². The van der Waals surface area contributed by atoms with Crippen molar-refractivity contribution in [1.29, 1.82) is 0 Å². The summed E-state index contributed by atoms with van der Waals surface area (Å²) in [5, 5.41) is 13.9. The van der Waals surface area contributed by atoms with Crippen molar-refractivity contribution in [3.05, 3.63) is 46.5 Å². The first-order valence-electron chi connectivity index (χ1n) is 9.64. The first kappa shape index (κ1) is 20.4. The number of aromatic amines is 1. The number of carbonyl (C=O) groups is 1. The second-order valence-corrected chi connectivity index (χ2v) is 6.85. The van der Waals surface area contributed by atoms with Gasteiger partial charge in [-0.25, -0.2) is 9.78 Å². The third kappa shape index (κ3) is 4.92. The highest BCUT2D eigenvalue weighted by Gasteiger charge is 2.23. The number of para-hydroxylation sites is 1. The van der Waals surface area contributed by atoms with Crippen molar-refractivity contribution in [2.24, 2.45) is 0 Å². The van der Waals surface area contributed by atoms with Gasteiger partial charge in [0.05, 0.1) is 0 Å². The van der Waals surface area contributed by atoms with E-state index in [1.54, 1.807) is 4.57 Å². The highest BCUT2D eigenvalue weighted by Crippen LogP contribution is 2.33. The van der Waals surface area contributed by atoms with Crippen LogP contribution in [0.25, 0.3) is 11.2 Å². The zero-order valence-electron chi connectivity index (χ0n) is 16.2. The number of ether oxygens (including phenoxy) is 1.